The Bertz CT molecular complexity index is 710. The first-order valence-electron chi connectivity index (χ1n) is 6.05. The molecule has 2 N–H and O–H groups in total. The zero-order valence-corrected chi connectivity index (χ0v) is 13.2. The second-order valence-corrected chi connectivity index (χ2v) is 7.04. The summed E-state index contributed by atoms with van der Waals surface area (Å²) in [5.74, 6) is 0. The molecule has 2 rings (SSSR count). The van der Waals surface area contributed by atoms with Crippen LogP contribution in [0.4, 0.5) is 0 Å². The molecule has 0 atom stereocenters. The first-order valence-corrected chi connectivity index (χ1v) is 8.29. The summed E-state index contributed by atoms with van der Waals surface area (Å²) >= 11 is 11.6. The SMILES string of the molecule is O=S(=O)(NCc1ccc(CO)cc1)c1cc(Cl)cc(Cl)c1. The topological polar surface area (TPSA) is 66.4 Å². The van der Waals surface area contributed by atoms with Gasteiger partial charge in [0.1, 0.15) is 0 Å². The van der Waals surface area contributed by atoms with E-state index in [1.807, 2.05) is 0 Å². The summed E-state index contributed by atoms with van der Waals surface area (Å²) in [5, 5.41) is 9.47. The van der Waals surface area contributed by atoms with Crippen molar-refractivity contribution in [2.24, 2.45) is 0 Å². The number of aliphatic hydroxyl groups is 1. The van der Waals surface area contributed by atoms with Gasteiger partial charge in [0, 0.05) is 16.6 Å². The highest BCUT2D eigenvalue weighted by Gasteiger charge is 2.15. The molecule has 0 saturated carbocycles. The number of halogens is 2. The van der Waals surface area contributed by atoms with E-state index < -0.39 is 10.0 Å². The third-order valence-corrected chi connectivity index (χ3v) is 4.64. The molecule has 21 heavy (non-hydrogen) atoms. The van der Waals surface area contributed by atoms with Crippen LogP contribution in [0.2, 0.25) is 10.0 Å². The molecule has 0 heterocycles. The van der Waals surface area contributed by atoms with E-state index in [0.29, 0.717) is 0 Å². The Morgan fingerprint density at radius 1 is 0.952 bits per heavy atom. The Hall–Kier alpha value is -1.11. The molecule has 2 aromatic rings. The van der Waals surface area contributed by atoms with Crippen LogP contribution >= 0.6 is 23.2 Å². The Morgan fingerprint density at radius 2 is 1.48 bits per heavy atom. The van der Waals surface area contributed by atoms with Crippen molar-refractivity contribution in [1.29, 1.82) is 0 Å². The van der Waals surface area contributed by atoms with Crippen molar-refractivity contribution < 1.29 is 13.5 Å². The standard InChI is InChI=1S/C14H13Cl2NO3S/c15-12-5-13(16)7-14(6-12)21(19,20)17-8-10-1-3-11(9-18)4-2-10/h1-7,17-18H,8-9H2. The lowest BCUT2D eigenvalue weighted by Gasteiger charge is -2.08. The van der Waals surface area contributed by atoms with Crippen LogP contribution in [0.25, 0.3) is 0 Å². The molecule has 4 nitrogen and oxygen atoms in total. The van der Waals surface area contributed by atoms with Gasteiger partial charge in [0.15, 0.2) is 0 Å². The van der Waals surface area contributed by atoms with Crippen LogP contribution in [0.3, 0.4) is 0 Å². The van der Waals surface area contributed by atoms with Crippen LogP contribution in [0.15, 0.2) is 47.4 Å². The summed E-state index contributed by atoms with van der Waals surface area (Å²) in [6.45, 7) is 0.0885. The van der Waals surface area contributed by atoms with Crippen LogP contribution in [0.5, 0.6) is 0 Å². The number of hydrogen-bond donors (Lipinski definition) is 2. The van der Waals surface area contributed by atoms with Gasteiger partial charge in [0.25, 0.3) is 0 Å². The summed E-state index contributed by atoms with van der Waals surface area (Å²) in [4.78, 5) is 0.0204. The van der Waals surface area contributed by atoms with Gasteiger partial charge in [0.05, 0.1) is 11.5 Å². The lowest BCUT2D eigenvalue weighted by atomic mass is 10.1. The lowest BCUT2D eigenvalue weighted by Crippen LogP contribution is -2.23. The molecule has 0 bridgehead atoms. The van der Waals surface area contributed by atoms with Gasteiger partial charge < -0.3 is 5.11 Å². The minimum absolute atomic E-state index is 0.0204. The lowest BCUT2D eigenvalue weighted by molar-refractivity contribution is 0.282. The fraction of sp³-hybridized carbons (Fsp3) is 0.143. The van der Waals surface area contributed by atoms with Crippen molar-refractivity contribution in [3.63, 3.8) is 0 Å². The number of benzene rings is 2. The van der Waals surface area contributed by atoms with Crippen LogP contribution < -0.4 is 4.72 Å². The van der Waals surface area contributed by atoms with Crippen molar-refractivity contribution in [2.45, 2.75) is 18.0 Å². The number of rotatable bonds is 5. The summed E-state index contributed by atoms with van der Waals surface area (Å²) in [6, 6.07) is 11.1. The molecular formula is C14H13Cl2NO3S. The van der Waals surface area contributed by atoms with E-state index in [0.717, 1.165) is 11.1 Å². The average molecular weight is 346 g/mol. The highest BCUT2D eigenvalue weighted by Crippen LogP contribution is 2.22. The second kappa shape index (κ2) is 6.77. The predicted molar refractivity (Wildman–Crippen MR) is 82.9 cm³/mol. The van der Waals surface area contributed by atoms with E-state index in [9.17, 15) is 8.42 Å². The van der Waals surface area contributed by atoms with Gasteiger partial charge in [-0.1, -0.05) is 47.5 Å². The maximum Gasteiger partial charge on any atom is 0.240 e. The van der Waals surface area contributed by atoms with Gasteiger partial charge in [-0.05, 0) is 29.3 Å². The molecule has 0 aliphatic rings. The summed E-state index contributed by atoms with van der Waals surface area (Å²) in [6.07, 6.45) is 0. The van der Waals surface area contributed by atoms with Crippen molar-refractivity contribution in [1.82, 2.24) is 4.72 Å². The first-order chi connectivity index (χ1) is 9.90. The van der Waals surface area contributed by atoms with Gasteiger partial charge in [-0.2, -0.15) is 0 Å². The normalized spacial score (nSPS) is 11.6. The average Bonchev–Trinajstić information content (AvgIpc) is 2.45. The van der Waals surface area contributed by atoms with Crippen LogP contribution in [0.1, 0.15) is 11.1 Å². The Labute approximate surface area is 133 Å². The van der Waals surface area contributed by atoms with Crippen LogP contribution in [-0.4, -0.2) is 13.5 Å². The molecule has 0 aliphatic heterocycles. The molecule has 112 valence electrons. The van der Waals surface area contributed by atoms with E-state index in [4.69, 9.17) is 28.3 Å². The Balaban J connectivity index is 2.13. The fourth-order valence-electron chi connectivity index (χ4n) is 1.71. The largest absolute Gasteiger partial charge is 0.392 e. The molecule has 0 aromatic heterocycles. The minimum Gasteiger partial charge on any atom is -0.392 e. The molecule has 0 saturated heterocycles. The Kier molecular flexibility index (Phi) is 5.24. The van der Waals surface area contributed by atoms with E-state index in [2.05, 4.69) is 4.72 Å². The molecule has 0 spiro atoms. The van der Waals surface area contributed by atoms with Crippen molar-refractivity contribution in [3.05, 3.63) is 63.6 Å². The van der Waals surface area contributed by atoms with Crippen molar-refractivity contribution in [2.75, 3.05) is 0 Å². The van der Waals surface area contributed by atoms with Crippen LogP contribution in [0, 0.1) is 0 Å². The third-order valence-electron chi connectivity index (χ3n) is 2.82. The second-order valence-electron chi connectivity index (χ2n) is 4.40. The number of hydrogen-bond acceptors (Lipinski definition) is 3. The minimum atomic E-state index is -3.69. The molecule has 2 aromatic carbocycles. The maximum atomic E-state index is 12.2. The summed E-state index contributed by atoms with van der Waals surface area (Å²) in [7, 11) is -3.69. The van der Waals surface area contributed by atoms with E-state index in [-0.39, 0.29) is 28.1 Å². The quantitative estimate of drug-likeness (QED) is 0.875. The number of nitrogens with one attached hydrogen (secondary N) is 1. The zero-order valence-electron chi connectivity index (χ0n) is 10.9. The summed E-state index contributed by atoms with van der Waals surface area (Å²) < 4.78 is 26.8. The van der Waals surface area contributed by atoms with Crippen molar-refractivity contribution in [3.8, 4) is 0 Å². The Morgan fingerprint density at radius 3 is 2.00 bits per heavy atom. The third kappa shape index (κ3) is 4.43. The van der Waals surface area contributed by atoms with E-state index in [1.54, 1.807) is 24.3 Å². The van der Waals surface area contributed by atoms with E-state index >= 15 is 0 Å². The fourth-order valence-corrected chi connectivity index (χ4v) is 3.45. The van der Waals surface area contributed by atoms with Gasteiger partial charge >= 0.3 is 0 Å². The molecule has 0 aliphatic carbocycles. The molecular weight excluding hydrogens is 333 g/mol. The number of aliphatic hydroxyl groups excluding tert-OH is 1. The molecule has 0 unspecified atom stereocenters. The maximum absolute atomic E-state index is 12.2. The highest BCUT2D eigenvalue weighted by atomic mass is 35.5. The summed E-state index contributed by atoms with van der Waals surface area (Å²) in [5.41, 5.74) is 1.55. The van der Waals surface area contributed by atoms with Gasteiger partial charge in [-0.3, -0.25) is 0 Å². The predicted octanol–water partition coefficient (Wildman–Crippen LogP) is 2.96. The number of sulfonamides is 1. The van der Waals surface area contributed by atoms with Gasteiger partial charge in [0.2, 0.25) is 10.0 Å². The zero-order chi connectivity index (χ0) is 15.5. The molecule has 0 fully saturated rings. The smallest absolute Gasteiger partial charge is 0.240 e. The van der Waals surface area contributed by atoms with Crippen molar-refractivity contribution >= 4 is 33.2 Å². The van der Waals surface area contributed by atoms with Gasteiger partial charge in [-0.15, -0.1) is 0 Å². The molecule has 0 amide bonds. The monoisotopic (exact) mass is 345 g/mol. The molecule has 0 radical (unpaired) electrons. The van der Waals surface area contributed by atoms with Gasteiger partial charge in [-0.25, -0.2) is 13.1 Å². The highest BCUT2D eigenvalue weighted by molar-refractivity contribution is 7.89. The van der Waals surface area contributed by atoms with E-state index in [1.165, 1.54) is 18.2 Å². The molecule has 7 heteroatoms. The van der Waals surface area contributed by atoms with Crippen LogP contribution in [-0.2, 0) is 23.2 Å². The first kappa shape index (κ1) is 16.3.